The maximum atomic E-state index is 10.5. The van der Waals surface area contributed by atoms with Crippen LogP contribution in [0.5, 0.6) is 23.0 Å². The lowest BCUT2D eigenvalue weighted by molar-refractivity contribution is 0.248. The molecule has 2 N–H and O–H groups in total. The Balaban J connectivity index is 1.51. The van der Waals surface area contributed by atoms with Crippen LogP contribution in [-0.2, 0) is 32.7 Å². The van der Waals surface area contributed by atoms with E-state index in [1.807, 2.05) is 66.7 Å². The Kier molecular flexibility index (Phi) is 6.80. The Bertz CT molecular complexity index is 1560. The highest BCUT2D eigenvalue weighted by molar-refractivity contribution is 5.53. The van der Waals surface area contributed by atoms with Gasteiger partial charge in [-0.2, -0.15) is 0 Å². The molecule has 1 aliphatic heterocycles. The molecule has 1 heterocycles. The number of hydrogen-bond acceptors (Lipinski definition) is 6. The first-order valence-corrected chi connectivity index (χ1v) is 12.8. The van der Waals surface area contributed by atoms with Gasteiger partial charge in [-0.15, -0.1) is 0 Å². The Morgan fingerprint density at radius 1 is 0.872 bits per heavy atom. The van der Waals surface area contributed by atoms with Crippen molar-refractivity contribution in [3.63, 3.8) is 0 Å². The fourth-order valence-electron chi connectivity index (χ4n) is 4.81. The van der Waals surface area contributed by atoms with E-state index in [1.165, 1.54) is 7.11 Å². The lowest BCUT2D eigenvalue weighted by Gasteiger charge is -2.29. The van der Waals surface area contributed by atoms with Crippen molar-refractivity contribution in [2.45, 2.75) is 38.7 Å². The van der Waals surface area contributed by atoms with E-state index in [2.05, 4.69) is 5.32 Å². The SMILES string of the molecule is [2H]C1([2H])Cc2cc(OC([2H])([2H])[2H])c(OCc3ccccc3)cc2C(Cc2ccc(OC)c(OCc3ccccc3)c2CO)N1. The summed E-state index contributed by atoms with van der Waals surface area (Å²) in [5, 5.41) is 13.6. The van der Waals surface area contributed by atoms with Crippen molar-refractivity contribution < 1.29 is 30.9 Å². The molecule has 0 aromatic heterocycles. The molecule has 202 valence electrons. The van der Waals surface area contributed by atoms with Crippen LogP contribution in [-0.4, -0.2) is 25.8 Å². The molecule has 0 amide bonds. The summed E-state index contributed by atoms with van der Waals surface area (Å²) in [6.45, 7) is -1.65. The van der Waals surface area contributed by atoms with E-state index in [0.717, 1.165) is 22.3 Å². The first-order chi connectivity index (χ1) is 21.0. The van der Waals surface area contributed by atoms with E-state index < -0.39 is 19.6 Å². The predicted octanol–water partition coefficient (Wildman–Crippen LogP) is 5.78. The van der Waals surface area contributed by atoms with Gasteiger partial charge in [0.1, 0.15) is 13.2 Å². The summed E-state index contributed by atoms with van der Waals surface area (Å²) in [6, 6.07) is 25.5. The molecular weight excluding hydrogens is 490 g/mol. The molecule has 39 heavy (non-hydrogen) atoms. The summed E-state index contributed by atoms with van der Waals surface area (Å²) in [5.41, 5.74) is 4.48. The monoisotopic (exact) mass is 530 g/mol. The van der Waals surface area contributed by atoms with Crippen LogP contribution in [0.4, 0.5) is 0 Å². The fourth-order valence-corrected chi connectivity index (χ4v) is 4.81. The number of aryl methyl sites for hydroxylation is 1. The van der Waals surface area contributed by atoms with E-state index >= 15 is 0 Å². The third-order valence-electron chi connectivity index (χ3n) is 6.83. The fraction of sp³-hybridized carbons (Fsp3) is 0.273. The number of nitrogens with one attached hydrogen (secondary N) is 1. The van der Waals surface area contributed by atoms with E-state index in [4.69, 9.17) is 25.8 Å². The minimum Gasteiger partial charge on any atom is -0.493 e. The van der Waals surface area contributed by atoms with Crippen molar-refractivity contribution in [2.75, 3.05) is 20.6 Å². The molecule has 0 bridgehead atoms. The third-order valence-corrected chi connectivity index (χ3v) is 6.83. The molecule has 0 radical (unpaired) electrons. The van der Waals surface area contributed by atoms with Crippen LogP contribution in [0, 0.1) is 0 Å². The zero-order valence-corrected chi connectivity index (χ0v) is 21.8. The van der Waals surface area contributed by atoms with Gasteiger partial charge >= 0.3 is 0 Å². The molecule has 4 aromatic rings. The van der Waals surface area contributed by atoms with Crippen molar-refractivity contribution >= 4 is 0 Å². The van der Waals surface area contributed by atoms with Crippen LogP contribution >= 0.6 is 0 Å². The average molecular weight is 531 g/mol. The molecule has 0 spiro atoms. The first-order valence-electron chi connectivity index (χ1n) is 15.3. The lowest BCUT2D eigenvalue weighted by Crippen LogP contribution is -2.31. The van der Waals surface area contributed by atoms with Gasteiger partial charge < -0.3 is 29.4 Å². The second-order valence-electron chi connectivity index (χ2n) is 9.30. The molecule has 0 saturated heterocycles. The van der Waals surface area contributed by atoms with Crippen LogP contribution in [0.2, 0.25) is 0 Å². The van der Waals surface area contributed by atoms with Crippen LogP contribution in [0.15, 0.2) is 84.9 Å². The maximum absolute atomic E-state index is 10.5. The summed E-state index contributed by atoms with van der Waals surface area (Å²) >= 11 is 0. The summed E-state index contributed by atoms with van der Waals surface area (Å²) in [4.78, 5) is 0. The van der Waals surface area contributed by atoms with E-state index in [1.54, 1.807) is 18.2 Å². The number of methoxy groups -OCH3 is 2. The van der Waals surface area contributed by atoms with Gasteiger partial charge in [0.25, 0.3) is 0 Å². The molecule has 6 heteroatoms. The van der Waals surface area contributed by atoms with Gasteiger partial charge in [-0.3, -0.25) is 0 Å². The normalized spacial score (nSPS) is 17.9. The minimum atomic E-state index is -2.72. The maximum Gasteiger partial charge on any atom is 0.167 e. The Morgan fingerprint density at radius 2 is 1.59 bits per heavy atom. The van der Waals surface area contributed by atoms with Crippen molar-refractivity contribution in [1.29, 1.82) is 0 Å². The van der Waals surface area contributed by atoms with Crippen LogP contribution in [0.1, 0.15) is 46.3 Å². The molecule has 1 unspecified atom stereocenters. The molecule has 0 aliphatic carbocycles. The number of aliphatic hydroxyl groups excluding tert-OH is 1. The topological polar surface area (TPSA) is 69.2 Å². The average Bonchev–Trinajstić information content (AvgIpc) is 2.99. The van der Waals surface area contributed by atoms with Crippen molar-refractivity contribution in [3.8, 4) is 23.0 Å². The Labute approximate surface area is 237 Å². The van der Waals surface area contributed by atoms with Crippen LogP contribution < -0.4 is 24.3 Å². The quantitative estimate of drug-likeness (QED) is 0.256. The molecule has 6 nitrogen and oxygen atoms in total. The van der Waals surface area contributed by atoms with Gasteiger partial charge in [0, 0.05) is 14.3 Å². The van der Waals surface area contributed by atoms with Gasteiger partial charge in [-0.05, 0) is 65.4 Å². The highest BCUT2D eigenvalue weighted by Gasteiger charge is 2.25. The summed E-state index contributed by atoms with van der Waals surface area (Å²) in [6.07, 6.45) is 0.293. The van der Waals surface area contributed by atoms with Crippen LogP contribution in [0.25, 0.3) is 0 Å². The zero-order valence-electron chi connectivity index (χ0n) is 26.8. The van der Waals surface area contributed by atoms with Gasteiger partial charge in [0.2, 0.25) is 0 Å². The molecule has 0 fully saturated rings. The second kappa shape index (κ2) is 12.7. The highest BCUT2D eigenvalue weighted by atomic mass is 16.5. The Hall–Kier alpha value is -4.00. The van der Waals surface area contributed by atoms with E-state index in [0.29, 0.717) is 29.0 Å². The number of fused-ring (bicyclic) bond motifs is 1. The number of aliphatic hydroxyl groups is 1. The minimum absolute atomic E-state index is 0.00390. The smallest absolute Gasteiger partial charge is 0.167 e. The zero-order chi connectivity index (χ0) is 31.3. The highest BCUT2D eigenvalue weighted by Crippen LogP contribution is 2.40. The number of rotatable bonds is 11. The second-order valence-corrected chi connectivity index (χ2v) is 9.30. The molecule has 1 atom stereocenters. The van der Waals surface area contributed by atoms with Crippen molar-refractivity contribution in [3.05, 3.63) is 118 Å². The van der Waals surface area contributed by atoms with Crippen LogP contribution in [0.3, 0.4) is 0 Å². The first kappa shape index (κ1) is 20.9. The van der Waals surface area contributed by atoms with Gasteiger partial charge in [-0.1, -0.05) is 66.7 Å². The Morgan fingerprint density at radius 3 is 2.26 bits per heavy atom. The van der Waals surface area contributed by atoms with Gasteiger partial charge in [0.05, 0.1) is 24.9 Å². The molecule has 1 aliphatic rings. The standard InChI is InChI=1S/C33H35NO5/c1-36-30-14-13-25(28(20-35)33(30)39-22-24-11-7-4-8-12-24)17-29-27-19-32(38-21-23-9-5-3-6-10-23)31(37-2)18-26(27)15-16-34-29/h3-14,18-19,29,34-35H,15-17,20-22H2,1-2H3/i2D3,16D2. The predicted molar refractivity (Wildman–Crippen MR) is 152 cm³/mol. The van der Waals surface area contributed by atoms with Gasteiger partial charge in [0.15, 0.2) is 23.0 Å². The third kappa shape index (κ3) is 6.19. The van der Waals surface area contributed by atoms with Crippen molar-refractivity contribution in [2.24, 2.45) is 0 Å². The number of ether oxygens (including phenoxy) is 4. The summed E-state index contributed by atoms with van der Waals surface area (Å²) in [7, 11) is -1.19. The number of benzene rings is 4. The molecule has 4 aromatic carbocycles. The summed E-state index contributed by atoms with van der Waals surface area (Å²) in [5.74, 6) is 1.16. The lowest BCUT2D eigenvalue weighted by atomic mass is 9.88. The van der Waals surface area contributed by atoms with E-state index in [9.17, 15) is 5.11 Å². The van der Waals surface area contributed by atoms with E-state index in [-0.39, 0.29) is 37.7 Å². The number of hydrogen-bond donors (Lipinski definition) is 2. The molecule has 0 saturated carbocycles. The van der Waals surface area contributed by atoms with Crippen molar-refractivity contribution in [1.82, 2.24) is 5.32 Å². The largest absolute Gasteiger partial charge is 0.493 e. The molecular formula is C33H35NO5. The summed E-state index contributed by atoms with van der Waals surface area (Å²) < 4.78 is 63.3. The van der Waals surface area contributed by atoms with Gasteiger partial charge in [-0.25, -0.2) is 0 Å². The molecule has 5 rings (SSSR count).